The lowest BCUT2D eigenvalue weighted by Crippen LogP contribution is -2.26. The van der Waals surface area contributed by atoms with E-state index in [4.69, 9.17) is 0 Å². The van der Waals surface area contributed by atoms with E-state index in [0.29, 0.717) is 0 Å². The highest BCUT2D eigenvalue weighted by Gasteiger charge is 2.52. The predicted octanol–water partition coefficient (Wildman–Crippen LogP) is 16.9. The SMILES string of the molecule is CC1(C)c2ccccc2-c2cccc(-c3cc4c(cc3N(c3ccccc3)c3ccc5c6ccccc6c6ccccc6c5c3)C3(c5ccccc5-c5ccccc53)c3ccccc3-4)c21. The van der Waals surface area contributed by atoms with Gasteiger partial charge in [0.05, 0.1) is 11.1 Å². The smallest absolute Gasteiger partial charge is 0.0726 e. The first-order valence-corrected chi connectivity index (χ1v) is 22.9. The molecule has 0 amide bonds. The van der Waals surface area contributed by atoms with Gasteiger partial charge in [-0.15, -0.1) is 0 Å². The maximum Gasteiger partial charge on any atom is 0.0726 e. The fraction of sp³-hybridized carbons (Fsp3) is 0.0625. The third-order valence-electron chi connectivity index (χ3n) is 15.2. The van der Waals surface area contributed by atoms with Gasteiger partial charge in [-0.1, -0.05) is 202 Å². The molecule has 304 valence electrons. The maximum absolute atomic E-state index is 2.59. The van der Waals surface area contributed by atoms with Crippen molar-refractivity contribution >= 4 is 49.4 Å². The molecule has 0 bridgehead atoms. The number of para-hydroxylation sites is 1. The summed E-state index contributed by atoms with van der Waals surface area (Å²) >= 11 is 0. The highest BCUT2D eigenvalue weighted by Crippen LogP contribution is 2.65. The van der Waals surface area contributed by atoms with Gasteiger partial charge >= 0.3 is 0 Å². The molecule has 0 N–H and O–H groups in total. The number of hydrogen-bond donors (Lipinski definition) is 0. The molecule has 0 aromatic heterocycles. The number of anilines is 3. The van der Waals surface area contributed by atoms with Crippen LogP contribution in [0.2, 0.25) is 0 Å². The lowest BCUT2D eigenvalue weighted by atomic mass is 9.70. The third kappa shape index (κ3) is 4.77. The summed E-state index contributed by atoms with van der Waals surface area (Å²) in [7, 11) is 0. The molecular weight excluding hydrogens is 783 g/mol. The zero-order valence-corrected chi connectivity index (χ0v) is 36.3. The van der Waals surface area contributed by atoms with Crippen molar-refractivity contribution in [2.24, 2.45) is 0 Å². The summed E-state index contributed by atoms with van der Waals surface area (Å²) in [5.41, 5.74) is 21.1. The molecule has 0 radical (unpaired) electrons. The second kappa shape index (κ2) is 13.3. The van der Waals surface area contributed by atoms with Gasteiger partial charge in [0.25, 0.3) is 0 Å². The van der Waals surface area contributed by atoms with Crippen LogP contribution in [-0.4, -0.2) is 0 Å². The molecule has 3 aliphatic carbocycles. The van der Waals surface area contributed by atoms with E-state index in [1.807, 2.05) is 0 Å². The van der Waals surface area contributed by atoms with Crippen molar-refractivity contribution in [1.29, 1.82) is 0 Å². The van der Waals surface area contributed by atoms with Crippen molar-refractivity contribution in [3.05, 3.63) is 258 Å². The molecule has 0 saturated carbocycles. The molecule has 14 rings (SSSR count). The zero-order chi connectivity index (χ0) is 43.0. The molecule has 0 atom stereocenters. The third-order valence-corrected chi connectivity index (χ3v) is 15.2. The minimum atomic E-state index is -0.499. The highest BCUT2D eigenvalue weighted by atomic mass is 15.1. The number of rotatable bonds is 4. The molecule has 0 fully saturated rings. The van der Waals surface area contributed by atoms with Crippen molar-refractivity contribution in [1.82, 2.24) is 0 Å². The van der Waals surface area contributed by atoms with E-state index >= 15 is 0 Å². The summed E-state index contributed by atoms with van der Waals surface area (Å²) in [5, 5.41) is 7.61. The second-order valence-corrected chi connectivity index (χ2v) is 18.7. The number of fused-ring (bicyclic) bond motifs is 19. The van der Waals surface area contributed by atoms with E-state index in [0.717, 1.165) is 17.1 Å². The molecular formula is C64H43N. The lowest BCUT2D eigenvalue weighted by Gasteiger charge is -2.34. The quantitative estimate of drug-likeness (QED) is 0.160. The summed E-state index contributed by atoms with van der Waals surface area (Å²) in [6.07, 6.45) is 0. The van der Waals surface area contributed by atoms with Gasteiger partial charge in [-0.05, 0) is 141 Å². The van der Waals surface area contributed by atoms with Crippen LogP contribution in [0.3, 0.4) is 0 Å². The van der Waals surface area contributed by atoms with Crippen LogP contribution in [0.15, 0.2) is 224 Å². The fourth-order valence-corrected chi connectivity index (χ4v) is 12.6. The molecule has 3 aliphatic rings. The second-order valence-electron chi connectivity index (χ2n) is 18.7. The van der Waals surface area contributed by atoms with Crippen molar-refractivity contribution < 1.29 is 0 Å². The molecule has 1 nitrogen and oxygen atoms in total. The molecule has 1 spiro atoms. The van der Waals surface area contributed by atoms with E-state index in [-0.39, 0.29) is 5.41 Å². The van der Waals surface area contributed by atoms with Crippen LogP contribution >= 0.6 is 0 Å². The fourth-order valence-electron chi connectivity index (χ4n) is 12.6. The van der Waals surface area contributed by atoms with Crippen LogP contribution in [0.1, 0.15) is 47.2 Å². The monoisotopic (exact) mass is 825 g/mol. The highest BCUT2D eigenvalue weighted by molar-refractivity contribution is 6.26. The first-order chi connectivity index (χ1) is 32.0. The Bertz CT molecular complexity index is 3730. The predicted molar refractivity (Wildman–Crippen MR) is 273 cm³/mol. The Morgan fingerprint density at radius 3 is 1.29 bits per heavy atom. The average Bonchev–Trinajstić information content (AvgIpc) is 3.92. The van der Waals surface area contributed by atoms with Gasteiger partial charge in [-0.25, -0.2) is 0 Å². The van der Waals surface area contributed by atoms with Crippen LogP contribution < -0.4 is 4.90 Å². The summed E-state index contributed by atoms with van der Waals surface area (Å²) in [6.45, 7) is 4.83. The molecule has 1 heteroatoms. The van der Waals surface area contributed by atoms with E-state index in [1.165, 1.54) is 110 Å². The molecule has 0 unspecified atom stereocenters. The Balaban J connectivity index is 1.14. The zero-order valence-electron chi connectivity index (χ0n) is 36.3. The normalized spacial score (nSPS) is 14.2. The Morgan fingerprint density at radius 1 is 0.277 bits per heavy atom. The summed E-state index contributed by atoms with van der Waals surface area (Å²) < 4.78 is 0. The van der Waals surface area contributed by atoms with Gasteiger partial charge < -0.3 is 4.90 Å². The Labute approximate surface area is 379 Å². The van der Waals surface area contributed by atoms with Gasteiger partial charge in [-0.3, -0.25) is 0 Å². The van der Waals surface area contributed by atoms with Crippen LogP contribution in [-0.2, 0) is 10.8 Å². The van der Waals surface area contributed by atoms with Gasteiger partial charge in [0.1, 0.15) is 0 Å². The van der Waals surface area contributed by atoms with Crippen molar-refractivity contribution in [2.45, 2.75) is 24.7 Å². The Hall–Kier alpha value is -8.00. The van der Waals surface area contributed by atoms with Crippen molar-refractivity contribution in [3.8, 4) is 44.5 Å². The van der Waals surface area contributed by atoms with Gasteiger partial charge in [0, 0.05) is 22.4 Å². The average molecular weight is 826 g/mol. The summed E-state index contributed by atoms with van der Waals surface area (Å²) in [4.78, 5) is 2.55. The van der Waals surface area contributed by atoms with E-state index < -0.39 is 5.41 Å². The maximum atomic E-state index is 2.59. The Morgan fingerprint density at radius 2 is 0.708 bits per heavy atom. The molecule has 11 aromatic rings. The van der Waals surface area contributed by atoms with Crippen molar-refractivity contribution in [2.75, 3.05) is 4.90 Å². The van der Waals surface area contributed by atoms with E-state index in [1.54, 1.807) is 0 Å². The van der Waals surface area contributed by atoms with E-state index in [9.17, 15) is 0 Å². The summed E-state index contributed by atoms with van der Waals surface area (Å²) in [5.74, 6) is 0. The van der Waals surface area contributed by atoms with Gasteiger partial charge in [-0.2, -0.15) is 0 Å². The molecule has 65 heavy (non-hydrogen) atoms. The molecule has 0 saturated heterocycles. The number of hydrogen-bond acceptors (Lipinski definition) is 1. The Kier molecular flexibility index (Phi) is 7.45. The minimum Gasteiger partial charge on any atom is -0.310 e. The van der Waals surface area contributed by atoms with Crippen LogP contribution in [0.5, 0.6) is 0 Å². The minimum absolute atomic E-state index is 0.220. The number of benzene rings is 11. The molecule has 0 heterocycles. The van der Waals surface area contributed by atoms with E-state index in [2.05, 4.69) is 243 Å². The molecule has 0 aliphatic heterocycles. The molecule has 11 aromatic carbocycles. The van der Waals surface area contributed by atoms with Crippen LogP contribution in [0.4, 0.5) is 17.1 Å². The largest absolute Gasteiger partial charge is 0.310 e. The topological polar surface area (TPSA) is 3.24 Å². The van der Waals surface area contributed by atoms with Crippen molar-refractivity contribution in [3.63, 3.8) is 0 Å². The van der Waals surface area contributed by atoms with Crippen LogP contribution in [0.25, 0.3) is 76.8 Å². The van der Waals surface area contributed by atoms with Gasteiger partial charge in [0.15, 0.2) is 0 Å². The van der Waals surface area contributed by atoms with Crippen LogP contribution in [0, 0.1) is 0 Å². The van der Waals surface area contributed by atoms with Gasteiger partial charge in [0.2, 0.25) is 0 Å². The lowest BCUT2D eigenvalue weighted by molar-refractivity contribution is 0.662. The summed E-state index contributed by atoms with van der Waals surface area (Å²) in [6, 6.07) is 84.7. The first-order valence-electron chi connectivity index (χ1n) is 22.9. The number of nitrogens with zero attached hydrogens (tertiary/aromatic N) is 1. The first kappa shape index (κ1) is 36.5. The standard InChI is InChI=1S/C64H43N/c1-63(2)56-31-14-10-27-49(56)51-29-18-30-52(62(51)63)55-38-54-50-28-13-17-34-59(50)64(57-32-15-11-25-47(57)48-26-12-16-33-58(48)64)60(54)39-61(55)65(40-19-4-3-5-20-40)41-35-36-46-44-23-7-6-21-42(44)43-22-8-9-24-45(43)53(46)37-41/h3-39H,1-2H3.